The Bertz CT molecular complexity index is 807. The van der Waals surface area contributed by atoms with Crippen molar-refractivity contribution < 1.29 is 9.53 Å². The van der Waals surface area contributed by atoms with Gasteiger partial charge in [-0.3, -0.25) is 4.79 Å². The van der Waals surface area contributed by atoms with Crippen LogP contribution in [0.2, 0.25) is 0 Å². The van der Waals surface area contributed by atoms with Crippen molar-refractivity contribution in [1.82, 2.24) is 0 Å². The molecule has 0 saturated carbocycles. The van der Waals surface area contributed by atoms with Crippen molar-refractivity contribution in [2.45, 2.75) is 6.92 Å². The molecular weight excluding hydrogens is 296 g/mol. The molecule has 0 unspecified atom stereocenters. The van der Waals surface area contributed by atoms with E-state index in [9.17, 15) is 10.1 Å². The summed E-state index contributed by atoms with van der Waals surface area (Å²) in [5, 5.41) is 19.7. The molecule has 4 nitrogen and oxygen atoms in total. The number of rotatable bonds is 5. The molecule has 0 atom stereocenters. The van der Waals surface area contributed by atoms with Crippen LogP contribution in [0, 0.1) is 29.6 Å². The van der Waals surface area contributed by atoms with Crippen molar-refractivity contribution in [3.8, 4) is 17.9 Å². The number of benzene rings is 1. The second-order valence-electron chi connectivity index (χ2n) is 4.42. The number of nitrogens with zero attached hydrogens (tertiary/aromatic N) is 2. The number of carbonyl (C=O) groups excluding carboxylic acids is 1. The van der Waals surface area contributed by atoms with Crippen LogP contribution >= 0.6 is 11.3 Å². The first-order valence-corrected chi connectivity index (χ1v) is 7.34. The third kappa shape index (κ3) is 3.41. The van der Waals surface area contributed by atoms with E-state index in [1.165, 1.54) is 17.4 Å². The van der Waals surface area contributed by atoms with Crippen LogP contribution in [0.3, 0.4) is 0 Å². The van der Waals surface area contributed by atoms with Crippen LogP contribution in [0.15, 0.2) is 41.3 Å². The van der Waals surface area contributed by atoms with Gasteiger partial charge in [-0.05, 0) is 36.1 Å². The molecule has 0 saturated heterocycles. The van der Waals surface area contributed by atoms with Gasteiger partial charge in [0.15, 0.2) is 6.61 Å². The third-order valence-electron chi connectivity index (χ3n) is 2.94. The van der Waals surface area contributed by atoms with E-state index in [1.807, 2.05) is 30.5 Å². The van der Waals surface area contributed by atoms with Crippen LogP contribution in [-0.4, -0.2) is 12.4 Å². The molecule has 0 aliphatic rings. The SMILES string of the molecule is Cc1ccsc1C(=O)/C(C#N)=C\c1ccccc1OCC#N. The van der Waals surface area contributed by atoms with Crippen molar-refractivity contribution >= 4 is 23.2 Å². The molecule has 5 heteroatoms. The number of thiophene rings is 1. The number of aryl methyl sites for hydroxylation is 1. The summed E-state index contributed by atoms with van der Waals surface area (Å²) in [5.74, 6) is 0.164. The fourth-order valence-corrected chi connectivity index (χ4v) is 2.75. The average Bonchev–Trinajstić information content (AvgIpc) is 2.97. The van der Waals surface area contributed by atoms with Gasteiger partial charge in [0.05, 0.1) is 4.88 Å². The number of Topliss-reactive ketones (excluding diaryl/α,β-unsaturated/α-hetero) is 1. The highest BCUT2D eigenvalue weighted by molar-refractivity contribution is 7.12. The van der Waals surface area contributed by atoms with Gasteiger partial charge in [0.2, 0.25) is 5.78 Å². The lowest BCUT2D eigenvalue weighted by Gasteiger charge is -2.06. The van der Waals surface area contributed by atoms with E-state index < -0.39 is 0 Å². The minimum atomic E-state index is -0.301. The molecule has 0 fully saturated rings. The number of ether oxygens (including phenoxy) is 1. The molecule has 0 spiro atoms. The first kappa shape index (κ1) is 15.5. The van der Waals surface area contributed by atoms with Gasteiger partial charge in [0.25, 0.3) is 0 Å². The number of hydrogen-bond acceptors (Lipinski definition) is 5. The molecule has 0 bridgehead atoms. The summed E-state index contributed by atoms with van der Waals surface area (Å²) < 4.78 is 5.30. The fourth-order valence-electron chi connectivity index (χ4n) is 1.87. The van der Waals surface area contributed by atoms with E-state index in [4.69, 9.17) is 10.00 Å². The van der Waals surface area contributed by atoms with Crippen LogP contribution in [-0.2, 0) is 0 Å². The van der Waals surface area contributed by atoms with Crippen LogP contribution in [0.4, 0.5) is 0 Å². The molecule has 22 heavy (non-hydrogen) atoms. The molecule has 1 aromatic carbocycles. The number of para-hydroxylation sites is 1. The van der Waals surface area contributed by atoms with Gasteiger partial charge in [0.1, 0.15) is 23.5 Å². The number of nitriles is 2. The maximum absolute atomic E-state index is 12.4. The molecule has 108 valence electrons. The number of ketones is 1. The van der Waals surface area contributed by atoms with Gasteiger partial charge in [-0.2, -0.15) is 10.5 Å². The van der Waals surface area contributed by atoms with Gasteiger partial charge >= 0.3 is 0 Å². The monoisotopic (exact) mass is 308 g/mol. The molecule has 2 rings (SSSR count). The summed E-state index contributed by atoms with van der Waals surface area (Å²) in [4.78, 5) is 13.0. The number of hydrogen-bond donors (Lipinski definition) is 0. The van der Waals surface area contributed by atoms with Gasteiger partial charge in [-0.25, -0.2) is 0 Å². The van der Waals surface area contributed by atoms with E-state index in [-0.39, 0.29) is 18.0 Å². The molecule has 0 aliphatic carbocycles. The Morgan fingerprint density at radius 1 is 1.32 bits per heavy atom. The highest BCUT2D eigenvalue weighted by Gasteiger charge is 2.16. The summed E-state index contributed by atoms with van der Waals surface area (Å²) in [6.45, 7) is 1.74. The quantitative estimate of drug-likeness (QED) is 0.479. The first-order valence-electron chi connectivity index (χ1n) is 6.46. The Kier molecular flexibility index (Phi) is 5.08. The normalized spacial score (nSPS) is 10.6. The molecule has 1 heterocycles. The molecule has 1 aromatic heterocycles. The Hall–Kier alpha value is -2.89. The lowest BCUT2D eigenvalue weighted by molar-refractivity contribution is 0.104. The Labute approximate surface area is 132 Å². The Morgan fingerprint density at radius 2 is 2.09 bits per heavy atom. The minimum Gasteiger partial charge on any atom is -0.478 e. The van der Waals surface area contributed by atoms with Crippen molar-refractivity contribution in [2.75, 3.05) is 6.61 Å². The highest BCUT2D eigenvalue weighted by Crippen LogP contribution is 2.24. The molecule has 2 aromatic rings. The third-order valence-corrected chi connectivity index (χ3v) is 3.96. The maximum atomic E-state index is 12.4. The van der Waals surface area contributed by atoms with E-state index in [0.29, 0.717) is 16.2 Å². The topological polar surface area (TPSA) is 73.9 Å². The van der Waals surface area contributed by atoms with E-state index in [2.05, 4.69) is 0 Å². The first-order chi connectivity index (χ1) is 10.7. The summed E-state index contributed by atoms with van der Waals surface area (Å²) in [6, 6.07) is 12.7. The van der Waals surface area contributed by atoms with Gasteiger partial charge in [-0.15, -0.1) is 11.3 Å². The van der Waals surface area contributed by atoms with Gasteiger partial charge < -0.3 is 4.74 Å². The average molecular weight is 308 g/mol. The van der Waals surface area contributed by atoms with E-state index in [1.54, 1.807) is 24.3 Å². The highest BCUT2D eigenvalue weighted by atomic mass is 32.1. The lowest BCUT2D eigenvalue weighted by Crippen LogP contribution is -2.02. The second kappa shape index (κ2) is 7.21. The molecular formula is C17H12N2O2S. The molecule has 0 aliphatic heterocycles. The second-order valence-corrected chi connectivity index (χ2v) is 5.33. The summed E-state index contributed by atoms with van der Waals surface area (Å²) >= 11 is 1.31. The Balaban J connectivity index is 2.38. The smallest absolute Gasteiger partial charge is 0.213 e. The molecule has 0 N–H and O–H groups in total. The fraction of sp³-hybridized carbons (Fsp3) is 0.118. The summed E-state index contributed by atoms with van der Waals surface area (Å²) in [5.41, 5.74) is 1.49. The van der Waals surface area contributed by atoms with Gasteiger partial charge in [-0.1, -0.05) is 18.2 Å². The summed E-state index contributed by atoms with van der Waals surface area (Å²) in [6.07, 6.45) is 1.49. The van der Waals surface area contributed by atoms with Crippen LogP contribution in [0.5, 0.6) is 5.75 Å². The minimum absolute atomic E-state index is 0.0403. The van der Waals surface area contributed by atoms with E-state index in [0.717, 1.165) is 5.56 Å². The maximum Gasteiger partial charge on any atom is 0.213 e. The predicted octanol–water partition coefficient (Wildman–Crippen LogP) is 3.75. The van der Waals surface area contributed by atoms with Crippen LogP contribution in [0.25, 0.3) is 6.08 Å². The number of allylic oxidation sites excluding steroid dienone is 1. The number of carbonyl (C=O) groups is 1. The molecule has 0 amide bonds. The standard InChI is InChI=1S/C17H12N2O2S/c1-12-6-9-22-17(12)16(20)14(11-19)10-13-4-2-3-5-15(13)21-8-7-18/h2-6,9-10H,8H2,1H3/b14-10-. The van der Waals surface area contributed by atoms with Gasteiger partial charge in [0, 0.05) is 5.56 Å². The van der Waals surface area contributed by atoms with Crippen molar-refractivity contribution in [2.24, 2.45) is 0 Å². The predicted molar refractivity (Wildman–Crippen MR) is 84.5 cm³/mol. The molecule has 0 radical (unpaired) electrons. The Morgan fingerprint density at radius 3 is 2.73 bits per heavy atom. The zero-order valence-corrected chi connectivity index (χ0v) is 12.7. The zero-order valence-electron chi connectivity index (χ0n) is 11.9. The largest absolute Gasteiger partial charge is 0.478 e. The van der Waals surface area contributed by atoms with Crippen molar-refractivity contribution in [3.63, 3.8) is 0 Å². The van der Waals surface area contributed by atoms with E-state index >= 15 is 0 Å². The van der Waals surface area contributed by atoms with Crippen molar-refractivity contribution in [1.29, 1.82) is 10.5 Å². The van der Waals surface area contributed by atoms with Crippen LogP contribution < -0.4 is 4.74 Å². The van der Waals surface area contributed by atoms with Crippen LogP contribution in [0.1, 0.15) is 20.8 Å². The lowest BCUT2D eigenvalue weighted by atomic mass is 10.0. The summed E-state index contributed by atoms with van der Waals surface area (Å²) in [7, 11) is 0. The van der Waals surface area contributed by atoms with Crippen molar-refractivity contribution in [3.05, 3.63) is 57.3 Å². The zero-order chi connectivity index (χ0) is 15.9.